The summed E-state index contributed by atoms with van der Waals surface area (Å²) >= 11 is 1.54. The number of hydrogen-bond donors (Lipinski definition) is 1. The molecule has 1 atom stereocenters. The van der Waals surface area contributed by atoms with Gasteiger partial charge in [-0.15, -0.1) is 11.3 Å². The first-order valence-corrected chi connectivity index (χ1v) is 9.85. The largest absolute Gasteiger partial charge is 0.379 e. The third-order valence-electron chi connectivity index (χ3n) is 4.82. The summed E-state index contributed by atoms with van der Waals surface area (Å²) in [4.78, 5) is 16.8. The number of ether oxygens (including phenoxy) is 1. The van der Waals surface area contributed by atoms with Gasteiger partial charge in [0.1, 0.15) is 5.82 Å². The van der Waals surface area contributed by atoms with E-state index in [0.717, 1.165) is 30.0 Å². The Hall–Kier alpha value is -1.76. The van der Waals surface area contributed by atoms with Crippen LogP contribution in [-0.4, -0.2) is 43.7 Å². The van der Waals surface area contributed by atoms with Gasteiger partial charge >= 0.3 is 0 Å². The maximum atomic E-state index is 13.3. The highest BCUT2D eigenvalue weighted by atomic mass is 32.1. The monoisotopic (exact) mass is 376 g/mol. The number of halogens is 1. The minimum atomic E-state index is -0.250. The Morgan fingerprint density at radius 1 is 1.31 bits per heavy atom. The van der Waals surface area contributed by atoms with Crippen molar-refractivity contribution in [1.29, 1.82) is 0 Å². The van der Waals surface area contributed by atoms with Crippen LogP contribution < -0.4 is 5.32 Å². The Morgan fingerprint density at radius 2 is 2.00 bits per heavy atom. The first kappa shape index (κ1) is 19.0. The Labute approximate surface area is 158 Å². The molecule has 1 amide bonds. The molecule has 0 aliphatic carbocycles. The number of thiophene rings is 1. The lowest BCUT2D eigenvalue weighted by Gasteiger charge is -2.34. The van der Waals surface area contributed by atoms with E-state index in [0.29, 0.717) is 19.8 Å². The minimum absolute atomic E-state index is 0.00940. The highest BCUT2D eigenvalue weighted by Gasteiger charge is 2.24. The average molecular weight is 376 g/mol. The van der Waals surface area contributed by atoms with Crippen LogP contribution in [0.5, 0.6) is 0 Å². The van der Waals surface area contributed by atoms with Gasteiger partial charge in [-0.3, -0.25) is 9.69 Å². The fourth-order valence-corrected chi connectivity index (χ4v) is 4.32. The average Bonchev–Trinajstić information content (AvgIpc) is 3.05. The van der Waals surface area contributed by atoms with Gasteiger partial charge in [-0.1, -0.05) is 19.1 Å². The van der Waals surface area contributed by atoms with Crippen molar-refractivity contribution < 1.29 is 13.9 Å². The standard InChI is InChI=1S/C20H25FN2O2S/c1-3-15-12-19(26-14(15)2)20(24)22-13-18(23-8-10-25-11-9-23)16-4-6-17(21)7-5-16/h4-7,12,18H,3,8-11,13H2,1-2H3,(H,22,24). The van der Waals surface area contributed by atoms with Crippen LogP contribution in [0.1, 0.15) is 38.6 Å². The number of hydrogen-bond acceptors (Lipinski definition) is 4. The summed E-state index contributed by atoms with van der Waals surface area (Å²) in [6.45, 7) is 7.59. The topological polar surface area (TPSA) is 41.6 Å². The smallest absolute Gasteiger partial charge is 0.261 e. The van der Waals surface area contributed by atoms with Crippen LogP contribution in [-0.2, 0) is 11.2 Å². The Kier molecular flexibility index (Phi) is 6.40. The number of amides is 1. The molecule has 0 radical (unpaired) electrons. The van der Waals surface area contributed by atoms with E-state index >= 15 is 0 Å². The van der Waals surface area contributed by atoms with Gasteiger partial charge in [0.2, 0.25) is 0 Å². The van der Waals surface area contributed by atoms with Gasteiger partial charge in [-0.25, -0.2) is 4.39 Å². The molecule has 1 aliphatic heterocycles. The van der Waals surface area contributed by atoms with E-state index in [-0.39, 0.29) is 17.8 Å². The number of aryl methyl sites for hydroxylation is 2. The van der Waals surface area contributed by atoms with Gasteiger partial charge in [-0.05, 0) is 42.7 Å². The van der Waals surface area contributed by atoms with Crippen molar-refractivity contribution in [3.8, 4) is 0 Å². The molecule has 0 bridgehead atoms. The van der Waals surface area contributed by atoms with Crippen LogP contribution in [0.25, 0.3) is 0 Å². The molecule has 1 aromatic heterocycles. The van der Waals surface area contributed by atoms with E-state index in [1.165, 1.54) is 33.9 Å². The van der Waals surface area contributed by atoms with Gasteiger partial charge < -0.3 is 10.1 Å². The zero-order chi connectivity index (χ0) is 18.5. The molecule has 3 rings (SSSR count). The molecule has 1 unspecified atom stereocenters. The number of benzene rings is 1. The number of morpholine rings is 1. The highest BCUT2D eigenvalue weighted by molar-refractivity contribution is 7.14. The second-order valence-corrected chi connectivity index (χ2v) is 7.73. The number of carbonyl (C=O) groups excluding carboxylic acids is 1. The normalized spacial score (nSPS) is 16.4. The van der Waals surface area contributed by atoms with E-state index < -0.39 is 0 Å². The van der Waals surface area contributed by atoms with E-state index in [2.05, 4.69) is 24.1 Å². The Balaban J connectivity index is 1.72. The predicted octanol–water partition coefficient (Wildman–Crippen LogP) is 3.56. The molecule has 0 spiro atoms. The molecule has 140 valence electrons. The van der Waals surface area contributed by atoms with Crippen molar-refractivity contribution in [2.75, 3.05) is 32.8 Å². The van der Waals surface area contributed by atoms with Crippen molar-refractivity contribution in [1.82, 2.24) is 10.2 Å². The second kappa shape index (κ2) is 8.75. The Bertz CT molecular complexity index is 739. The summed E-state index contributed by atoms with van der Waals surface area (Å²) in [6.07, 6.45) is 0.932. The summed E-state index contributed by atoms with van der Waals surface area (Å²) in [5, 5.41) is 3.07. The molecule has 1 N–H and O–H groups in total. The number of nitrogens with one attached hydrogen (secondary N) is 1. The lowest BCUT2D eigenvalue weighted by molar-refractivity contribution is 0.0162. The number of rotatable bonds is 6. The summed E-state index contributed by atoms with van der Waals surface area (Å²) in [5.74, 6) is -0.294. The van der Waals surface area contributed by atoms with Crippen LogP contribution in [0.15, 0.2) is 30.3 Å². The summed E-state index contributed by atoms with van der Waals surface area (Å²) in [5.41, 5.74) is 2.23. The maximum Gasteiger partial charge on any atom is 0.261 e. The van der Waals surface area contributed by atoms with Crippen LogP contribution >= 0.6 is 11.3 Å². The third kappa shape index (κ3) is 4.50. The zero-order valence-corrected chi connectivity index (χ0v) is 16.1. The molecule has 1 aromatic carbocycles. The van der Waals surface area contributed by atoms with Crippen LogP contribution in [0.2, 0.25) is 0 Å². The van der Waals surface area contributed by atoms with Crippen molar-refractivity contribution in [3.05, 3.63) is 57.0 Å². The summed E-state index contributed by atoms with van der Waals surface area (Å²) in [7, 11) is 0. The van der Waals surface area contributed by atoms with E-state index in [1.54, 1.807) is 12.1 Å². The summed E-state index contributed by atoms with van der Waals surface area (Å²) in [6, 6.07) is 8.53. The second-order valence-electron chi connectivity index (χ2n) is 6.47. The molecule has 6 heteroatoms. The third-order valence-corrected chi connectivity index (χ3v) is 5.91. The molecular weight excluding hydrogens is 351 g/mol. The quantitative estimate of drug-likeness (QED) is 0.838. The van der Waals surface area contributed by atoms with Crippen LogP contribution in [0.4, 0.5) is 4.39 Å². The van der Waals surface area contributed by atoms with Crippen molar-refractivity contribution in [3.63, 3.8) is 0 Å². The molecule has 1 fully saturated rings. The molecule has 1 aliphatic rings. The van der Waals surface area contributed by atoms with Gasteiger partial charge in [0.15, 0.2) is 0 Å². The van der Waals surface area contributed by atoms with E-state index in [1.807, 2.05) is 6.07 Å². The molecule has 0 saturated carbocycles. The lowest BCUT2D eigenvalue weighted by atomic mass is 10.0. The summed E-state index contributed by atoms with van der Waals surface area (Å²) < 4.78 is 18.7. The fraction of sp³-hybridized carbons (Fsp3) is 0.450. The molecule has 2 aromatic rings. The van der Waals surface area contributed by atoms with Crippen molar-refractivity contribution in [2.45, 2.75) is 26.3 Å². The SMILES string of the molecule is CCc1cc(C(=O)NCC(c2ccc(F)cc2)N2CCOCC2)sc1C. The fourth-order valence-electron chi connectivity index (χ4n) is 3.29. The number of nitrogens with zero attached hydrogens (tertiary/aromatic N) is 1. The minimum Gasteiger partial charge on any atom is -0.379 e. The highest BCUT2D eigenvalue weighted by Crippen LogP contribution is 2.24. The maximum absolute atomic E-state index is 13.3. The van der Waals surface area contributed by atoms with Crippen molar-refractivity contribution >= 4 is 17.2 Å². The van der Waals surface area contributed by atoms with Crippen LogP contribution in [0, 0.1) is 12.7 Å². The molecule has 26 heavy (non-hydrogen) atoms. The molecule has 2 heterocycles. The molecule has 4 nitrogen and oxygen atoms in total. The van der Waals surface area contributed by atoms with Gasteiger partial charge in [0.05, 0.1) is 24.1 Å². The predicted molar refractivity (Wildman–Crippen MR) is 102 cm³/mol. The van der Waals surface area contributed by atoms with E-state index in [9.17, 15) is 9.18 Å². The van der Waals surface area contributed by atoms with Gasteiger partial charge in [0, 0.05) is 24.5 Å². The lowest BCUT2D eigenvalue weighted by Crippen LogP contribution is -2.43. The number of carbonyl (C=O) groups is 1. The van der Waals surface area contributed by atoms with E-state index in [4.69, 9.17) is 4.74 Å². The first-order chi connectivity index (χ1) is 12.6. The first-order valence-electron chi connectivity index (χ1n) is 9.03. The Morgan fingerprint density at radius 3 is 2.62 bits per heavy atom. The molecular formula is C20H25FN2O2S. The van der Waals surface area contributed by atoms with Gasteiger partial charge in [-0.2, -0.15) is 0 Å². The molecule has 1 saturated heterocycles. The van der Waals surface area contributed by atoms with Crippen LogP contribution in [0.3, 0.4) is 0 Å². The zero-order valence-electron chi connectivity index (χ0n) is 15.3. The van der Waals surface area contributed by atoms with Gasteiger partial charge in [0.25, 0.3) is 5.91 Å². The van der Waals surface area contributed by atoms with Crippen molar-refractivity contribution in [2.24, 2.45) is 0 Å².